The van der Waals surface area contributed by atoms with Crippen molar-refractivity contribution in [3.05, 3.63) is 22.9 Å². The van der Waals surface area contributed by atoms with Crippen LogP contribution >= 0.6 is 0 Å². The van der Waals surface area contributed by atoms with Crippen molar-refractivity contribution in [1.29, 1.82) is 0 Å². The van der Waals surface area contributed by atoms with E-state index in [1.54, 1.807) is 12.3 Å². The quantitative estimate of drug-likeness (QED) is 0.622. The van der Waals surface area contributed by atoms with Crippen molar-refractivity contribution < 1.29 is 0 Å². The average Bonchev–Trinajstić information content (AvgIpc) is 2.34. The van der Waals surface area contributed by atoms with Gasteiger partial charge in [-0.2, -0.15) is 5.10 Å². The Morgan fingerprint density at radius 1 is 1.73 bits per heavy atom. The van der Waals surface area contributed by atoms with Gasteiger partial charge in [0.15, 0.2) is 0 Å². The van der Waals surface area contributed by atoms with E-state index in [2.05, 4.69) is 5.10 Å². The number of hydrogen-bond donors (Lipinski definition) is 0. The first kappa shape index (κ1) is 7.78. The van der Waals surface area contributed by atoms with E-state index in [4.69, 9.17) is 0 Å². The Bertz CT molecular complexity index is 308. The fraction of sp³-hybridized carbons (Fsp3) is 0.429. The summed E-state index contributed by atoms with van der Waals surface area (Å²) >= 11 is 0. The second-order valence-electron chi connectivity index (χ2n) is 2.12. The van der Waals surface area contributed by atoms with Gasteiger partial charge in [-0.25, -0.2) is 9.48 Å². The highest BCUT2D eigenvalue weighted by Gasteiger charge is 1.97. The first-order chi connectivity index (χ1) is 5.29. The van der Waals surface area contributed by atoms with Crippen LogP contribution in [0.2, 0.25) is 0 Å². The molecule has 0 saturated heterocycles. The van der Waals surface area contributed by atoms with Gasteiger partial charge in [0, 0.05) is 12.7 Å². The minimum atomic E-state index is -0.0920. The number of rotatable bonds is 2. The molecule has 1 heterocycles. The molecular formula is C7H11N3O. The highest BCUT2D eigenvalue weighted by atomic mass is 16.2. The number of nitrogens with zero attached hydrogens (tertiary/aromatic N) is 3. The smallest absolute Gasteiger partial charge is 0.257 e. The molecule has 0 saturated carbocycles. The summed E-state index contributed by atoms with van der Waals surface area (Å²) in [4.78, 5) is 11.2. The Morgan fingerprint density at radius 3 is 2.91 bits per heavy atom. The van der Waals surface area contributed by atoms with Crippen molar-refractivity contribution in [3.8, 4) is 0 Å². The van der Waals surface area contributed by atoms with Crippen molar-refractivity contribution in [1.82, 2.24) is 14.3 Å². The molecule has 0 bridgehead atoms. The lowest BCUT2D eigenvalue weighted by molar-refractivity contribution is 0.630. The van der Waals surface area contributed by atoms with Gasteiger partial charge in [0.25, 0.3) is 0 Å². The normalized spacial score (nSPS) is 11.1. The Labute approximate surface area is 64.8 Å². The summed E-state index contributed by atoms with van der Waals surface area (Å²) in [5, 5.41) is 3.87. The molecule has 0 aliphatic rings. The molecule has 0 spiro atoms. The van der Waals surface area contributed by atoms with E-state index in [9.17, 15) is 4.79 Å². The molecule has 4 heteroatoms. The van der Waals surface area contributed by atoms with Crippen LogP contribution in [0.3, 0.4) is 0 Å². The molecule has 0 aliphatic carbocycles. The molecular weight excluding hydrogens is 142 g/mol. The molecule has 0 fully saturated rings. The van der Waals surface area contributed by atoms with Gasteiger partial charge in [0.1, 0.15) is 6.33 Å². The molecule has 0 atom stereocenters. The molecule has 0 radical (unpaired) electrons. The zero-order valence-corrected chi connectivity index (χ0v) is 6.69. The van der Waals surface area contributed by atoms with E-state index in [1.807, 2.05) is 13.8 Å². The van der Waals surface area contributed by atoms with Crippen LogP contribution < -0.4 is 5.69 Å². The molecule has 1 aromatic rings. The zero-order valence-electron chi connectivity index (χ0n) is 6.69. The van der Waals surface area contributed by atoms with Crippen molar-refractivity contribution in [3.63, 3.8) is 0 Å². The topological polar surface area (TPSA) is 39.8 Å². The third-order valence-corrected chi connectivity index (χ3v) is 1.37. The van der Waals surface area contributed by atoms with Crippen LogP contribution in [0.5, 0.6) is 0 Å². The number of hydrogen-bond acceptors (Lipinski definition) is 2. The largest absolute Gasteiger partial charge is 0.349 e. The number of aromatic nitrogens is 3. The van der Waals surface area contributed by atoms with Gasteiger partial charge >= 0.3 is 5.69 Å². The highest BCUT2D eigenvalue weighted by molar-refractivity contribution is 5.18. The average molecular weight is 153 g/mol. The van der Waals surface area contributed by atoms with Crippen LogP contribution in [0.4, 0.5) is 0 Å². The van der Waals surface area contributed by atoms with Crippen LogP contribution in [0, 0.1) is 0 Å². The van der Waals surface area contributed by atoms with Gasteiger partial charge in [-0.1, -0.05) is 6.08 Å². The first-order valence-electron chi connectivity index (χ1n) is 3.56. The van der Waals surface area contributed by atoms with Crippen LogP contribution in [0.1, 0.15) is 13.8 Å². The number of aryl methyl sites for hydroxylation is 1. The van der Waals surface area contributed by atoms with Gasteiger partial charge in [-0.3, -0.25) is 4.57 Å². The molecule has 11 heavy (non-hydrogen) atoms. The Morgan fingerprint density at radius 2 is 2.45 bits per heavy atom. The first-order valence-corrected chi connectivity index (χ1v) is 3.56. The Kier molecular flexibility index (Phi) is 2.25. The lowest BCUT2D eigenvalue weighted by Gasteiger charge is -1.88. The van der Waals surface area contributed by atoms with Crippen LogP contribution in [-0.2, 0) is 6.54 Å². The van der Waals surface area contributed by atoms with E-state index < -0.39 is 0 Å². The fourth-order valence-electron chi connectivity index (χ4n) is 0.830. The second kappa shape index (κ2) is 3.18. The third-order valence-electron chi connectivity index (χ3n) is 1.37. The molecule has 0 aromatic carbocycles. The van der Waals surface area contributed by atoms with Gasteiger partial charge in [-0.05, 0) is 13.8 Å². The van der Waals surface area contributed by atoms with Gasteiger partial charge < -0.3 is 0 Å². The lowest BCUT2D eigenvalue weighted by atomic mass is 10.7. The van der Waals surface area contributed by atoms with E-state index in [0.717, 1.165) is 0 Å². The van der Waals surface area contributed by atoms with Gasteiger partial charge in [0.05, 0.1) is 0 Å². The summed E-state index contributed by atoms with van der Waals surface area (Å²) in [5.74, 6) is 0. The maximum atomic E-state index is 11.2. The molecule has 60 valence electrons. The molecule has 0 unspecified atom stereocenters. The van der Waals surface area contributed by atoms with Crippen molar-refractivity contribution in [2.45, 2.75) is 20.4 Å². The second-order valence-corrected chi connectivity index (χ2v) is 2.12. The van der Waals surface area contributed by atoms with Gasteiger partial charge in [-0.15, -0.1) is 0 Å². The zero-order chi connectivity index (χ0) is 8.27. The Balaban J connectivity index is 3.11. The van der Waals surface area contributed by atoms with Crippen LogP contribution in [0.25, 0.3) is 6.20 Å². The molecule has 0 N–H and O–H groups in total. The summed E-state index contributed by atoms with van der Waals surface area (Å²) in [7, 11) is 0. The monoisotopic (exact) mass is 153 g/mol. The summed E-state index contributed by atoms with van der Waals surface area (Å²) in [6.07, 6.45) is 4.98. The maximum absolute atomic E-state index is 11.2. The fourth-order valence-corrected chi connectivity index (χ4v) is 0.830. The van der Waals surface area contributed by atoms with Crippen molar-refractivity contribution in [2.75, 3.05) is 0 Å². The summed E-state index contributed by atoms with van der Waals surface area (Å²) in [6.45, 7) is 4.35. The van der Waals surface area contributed by atoms with Crippen LogP contribution in [0.15, 0.2) is 17.2 Å². The summed E-state index contributed by atoms with van der Waals surface area (Å²) < 4.78 is 2.85. The van der Waals surface area contributed by atoms with E-state index in [1.165, 1.54) is 15.6 Å². The minimum Gasteiger partial charge on any atom is -0.257 e. The van der Waals surface area contributed by atoms with Crippen LogP contribution in [-0.4, -0.2) is 14.3 Å². The van der Waals surface area contributed by atoms with Crippen molar-refractivity contribution >= 4 is 6.20 Å². The van der Waals surface area contributed by atoms with Crippen molar-refractivity contribution in [2.24, 2.45) is 0 Å². The summed E-state index contributed by atoms with van der Waals surface area (Å²) in [6, 6.07) is 0. The number of allylic oxidation sites excluding steroid dienone is 1. The molecule has 0 aliphatic heterocycles. The van der Waals surface area contributed by atoms with Gasteiger partial charge in [0.2, 0.25) is 0 Å². The molecule has 1 rings (SSSR count). The highest BCUT2D eigenvalue weighted by Crippen LogP contribution is 1.80. The molecule has 0 amide bonds. The molecule has 1 aromatic heterocycles. The van der Waals surface area contributed by atoms with E-state index in [-0.39, 0.29) is 5.69 Å². The minimum absolute atomic E-state index is 0.0920. The summed E-state index contributed by atoms with van der Waals surface area (Å²) in [5.41, 5.74) is -0.0920. The molecule has 4 nitrogen and oxygen atoms in total. The Hall–Kier alpha value is -1.32. The lowest BCUT2D eigenvalue weighted by Crippen LogP contribution is -2.21. The van der Waals surface area contributed by atoms with E-state index >= 15 is 0 Å². The maximum Gasteiger partial charge on any atom is 0.349 e. The predicted molar refractivity (Wildman–Crippen MR) is 43.2 cm³/mol. The van der Waals surface area contributed by atoms with E-state index in [0.29, 0.717) is 6.54 Å². The predicted octanol–water partition coefficient (Wildman–Crippen LogP) is 0.555. The SMILES string of the molecule is C/C=C\n1cnn(CC)c1=O. The third kappa shape index (κ3) is 1.39. The standard InChI is InChI=1S/C7H11N3O/c1-3-5-9-6-8-10(4-2)7(9)11/h3,5-6H,4H2,1-2H3/b5-3-.